The monoisotopic (exact) mass is 480 g/mol. The third-order valence-electron chi connectivity index (χ3n) is 5.49. The number of benzene rings is 3. The molecule has 3 aromatic carbocycles. The zero-order valence-corrected chi connectivity index (χ0v) is 19.1. The number of rotatable bonds is 7. The summed E-state index contributed by atoms with van der Waals surface area (Å²) in [6.45, 7) is 0.639. The number of aromatic amines is 1. The van der Waals surface area contributed by atoms with Crippen LogP contribution in [0, 0.1) is 0 Å². The number of amides is 3. The van der Waals surface area contributed by atoms with Gasteiger partial charge in [0, 0.05) is 51.7 Å². The standard InChI is InChI=1S/C25H22Cl2N4O2/c26-17-9-10-18(22(27)11-17)20(21-13-29-23-4-2-1-3-19(21)23)14-31-25(33)30-12-15-5-7-16(8-6-15)24(28)32/h1-11,13,20,29H,12,14H2,(H2,28,32)(H2,30,31,33). The number of H-pyrrole nitrogens is 1. The molecular weight excluding hydrogens is 459 g/mol. The summed E-state index contributed by atoms with van der Waals surface area (Å²) in [4.78, 5) is 27.0. The van der Waals surface area contributed by atoms with Crippen LogP contribution in [-0.2, 0) is 6.54 Å². The molecule has 1 aromatic heterocycles. The van der Waals surface area contributed by atoms with E-state index >= 15 is 0 Å². The van der Waals surface area contributed by atoms with E-state index in [1.54, 1.807) is 36.4 Å². The van der Waals surface area contributed by atoms with Crippen LogP contribution < -0.4 is 16.4 Å². The zero-order chi connectivity index (χ0) is 23.4. The van der Waals surface area contributed by atoms with E-state index in [0.717, 1.165) is 27.6 Å². The first-order chi connectivity index (χ1) is 15.9. The van der Waals surface area contributed by atoms with Gasteiger partial charge in [0.15, 0.2) is 0 Å². The van der Waals surface area contributed by atoms with Crippen LogP contribution in [0.2, 0.25) is 10.0 Å². The van der Waals surface area contributed by atoms with Crippen LogP contribution in [0.25, 0.3) is 10.9 Å². The number of urea groups is 1. The number of carbonyl (C=O) groups is 2. The molecule has 0 aliphatic heterocycles. The maximum absolute atomic E-state index is 12.5. The van der Waals surface area contributed by atoms with Gasteiger partial charge < -0.3 is 21.4 Å². The van der Waals surface area contributed by atoms with E-state index in [1.807, 2.05) is 36.5 Å². The molecule has 33 heavy (non-hydrogen) atoms. The maximum Gasteiger partial charge on any atom is 0.315 e. The normalized spacial score (nSPS) is 11.8. The summed E-state index contributed by atoms with van der Waals surface area (Å²) >= 11 is 12.6. The third kappa shape index (κ3) is 5.30. The van der Waals surface area contributed by atoms with Crippen molar-refractivity contribution in [1.29, 1.82) is 0 Å². The number of nitrogens with two attached hydrogens (primary N) is 1. The molecule has 0 aliphatic carbocycles. The first kappa shape index (κ1) is 22.7. The van der Waals surface area contributed by atoms with Gasteiger partial charge in [-0.15, -0.1) is 0 Å². The average molecular weight is 481 g/mol. The molecular formula is C25H22Cl2N4O2. The Bertz CT molecular complexity index is 1300. The Labute approximate surface area is 201 Å². The number of hydrogen-bond donors (Lipinski definition) is 4. The summed E-state index contributed by atoms with van der Waals surface area (Å²) in [6, 6.07) is 19.8. The Kier molecular flexibility index (Phi) is 6.87. The van der Waals surface area contributed by atoms with E-state index in [4.69, 9.17) is 28.9 Å². The highest BCUT2D eigenvalue weighted by Crippen LogP contribution is 2.35. The van der Waals surface area contributed by atoms with Crippen molar-refractivity contribution in [3.05, 3.63) is 105 Å². The first-order valence-electron chi connectivity index (χ1n) is 10.3. The van der Waals surface area contributed by atoms with Gasteiger partial charge in [0.1, 0.15) is 0 Å². The van der Waals surface area contributed by atoms with Crippen molar-refractivity contribution < 1.29 is 9.59 Å². The lowest BCUT2D eigenvalue weighted by atomic mass is 9.91. The van der Waals surface area contributed by atoms with E-state index < -0.39 is 5.91 Å². The Morgan fingerprint density at radius 1 is 0.939 bits per heavy atom. The van der Waals surface area contributed by atoms with Crippen LogP contribution >= 0.6 is 23.2 Å². The fourth-order valence-corrected chi connectivity index (χ4v) is 4.32. The molecule has 1 heterocycles. The van der Waals surface area contributed by atoms with Crippen molar-refractivity contribution in [1.82, 2.24) is 15.6 Å². The van der Waals surface area contributed by atoms with Gasteiger partial charge in [-0.3, -0.25) is 4.79 Å². The average Bonchev–Trinajstić information content (AvgIpc) is 3.23. The second kappa shape index (κ2) is 9.98. The number of primary amides is 1. The fourth-order valence-electron chi connectivity index (χ4n) is 3.78. The first-order valence-corrected chi connectivity index (χ1v) is 11.1. The van der Waals surface area contributed by atoms with Crippen molar-refractivity contribution in [2.45, 2.75) is 12.5 Å². The number of fused-ring (bicyclic) bond motifs is 1. The number of nitrogens with one attached hydrogen (secondary N) is 3. The van der Waals surface area contributed by atoms with Crippen LogP contribution in [0.3, 0.4) is 0 Å². The summed E-state index contributed by atoms with van der Waals surface area (Å²) < 4.78 is 0. The highest BCUT2D eigenvalue weighted by Gasteiger charge is 2.21. The highest BCUT2D eigenvalue weighted by molar-refractivity contribution is 6.35. The molecule has 0 saturated carbocycles. The molecule has 1 atom stereocenters. The van der Waals surface area contributed by atoms with Crippen molar-refractivity contribution in [2.75, 3.05) is 6.54 Å². The molecule has 0 saturated heterocycles. The van der Waals surface area contributed by atoms with Gasteiger partial charge >= 0.3 is 6.03 Å². The highest BCUT2D eigenvalue weighted by atomic mass is 35.5. The number of hydrogen-bond acceptors (Lipinski definition) is 2. The smallest absolute Gasteiger partial charge is 0.315 e. The predicted octanol–water partition coefficient (Wildman–Crippen LogP) is 5.20. The summed E-state index contributed by atoms with van der Waals surface area (Å²) in [5.74, 6) is -0.678. The Hall–Kier alpha value is -3.48. The molecule has 3 amide bonds. The summed E-state index contributed by atoms with van der Waals surface area (Å²) in [6.07, 6.45) is 1.94. The van der Waals surface area contributed by atoms with E-state index in [2.05, 4.69) is 15.6 Å². The minimum Gasteiger partial charge on any atom is -0.366 e. The van der Waals surface area contributed by atoms with Crippen molar-refractivity contribution in [3.63, 3.8) is 0 Å². The Morgan fingerprint density at radius 3 is 2.42 bits per heavy atom. The topological polar surface area (TPSA) is 100 Å². The summed E-state index contributed by atoms with van der Waals surface area (Å²) in [5, 5.41) is 7.93. The van der Waals surface area contributed by atoms with Gasteiger partial charge in [0.2, 0.25) is 5.91 Å². The molecule has 0 spiro atoms. The molecule has 0 bridgehead atoms. The molecule has 0 fully saturated rings. The molecule has 0 radical (unpaired) electrons. The second-order valence-electron chi connectivity index (χ2n) is 7.63. The van der Waals surface area contributed by atoms with Gasteiger partial charge in [0.05, 0.1) is 0 Å². The lowest BCUT2D eigenvalue weighted by Gasteiger charge is -2.20. The summed E-state index contributed by atoms with van der Waals surface area (Å²) in [5.41, 5.74) is 9.43. The molecule has 8 heteroatoms. The van der Waals surface area contributed by atoms with Gasteiger partial charge in [-0.05, 0) is 47.0 Å². The quantitative estimate of drug-likeness (QED) is 0.292. The third-order valence-corrected chi connectivity index (χ3v) is 6.06. The molecule has 0 aliphatic rings. The van der Waals surface area contributed by atoms with Crippen LogP contribution in [0.1, 0.15) is 33.0 Å². The van der Waals surface area contributed by atoms with Crippen molar-refractivity contribution in [2.24, 2.45) is 5.73 Å². The molecule has 168 valence electrons. The number of aromatic nitrogens is 1. The van der Waals surface area contributed by atoms with E-state index in [0.29, 0.717) is 28.7 Å². The predicted molar refractivity (Wildman–Crippen MR) is 132 cm³/mol. The zero-order valence-electron chi connectivity index (χ0n) is 17.6. The maximum atomic E-state index is 12.5. The van der Waals surface area contributed by atoms with Crippen LogP contribution in [0.4, 0.5) is 4.79 Å². The number of carbonyl (C=O) groups excluding carboxylic acids is 2. The largest absolute Gasteiger partial charge is 0.366 e. The molecule has 6 nitrogen and oxygen atoms in total. The van der Waals surface area contributed by atoms with Gasteiger partial charge in [-0.2, -0.15) is 0 Å². The fraction of sp³-hybridized carbons (Fsp3) is 0.120. The van der Waals surface area contributed by atoms with Gasteiger partial charge in [-0.1, -0.05) is 59.6 Å². The van der Waals surface area contributed by atoms with Crippen LogP contribution in [0.5, 0.6) is 0 Å². The number of para-hydroxylation sites is 1. The lowest BCUT2D eigenvalue weighted by molar-refractivity contribution is 0.1000. The summed E-state index contributed by atoms with van der Waals surface area (Å²) in [7, 11) is 0. The van der Waals surface area contributed by atoms with E-state index in [9.17, 15) is 9.59 Å². The minimum absolute atomic E-state index is 0.188. The van der Waals surface area contributed by atoms with Gasteiger partial charge in [0.25, 0.3) is 0 Å². The Balaban J connectivity index is 1.49. The molecule has 5 N–H and O–H groups in total. The number of halogens is 2. The Morgan fingerprint density at radius 2 is 1.70 bits per heavy atom. The molecule has 4 rings (SSSR count). The van der Waals surface area contributed by atoms with Crippen LogP contribution in [-0.4, -0.2) is 23.5 Å². The van der Waals surface area contributed by atoms with Crippen molar-refractivity contribution >= 4 is 46.0 Å². The molecule has 1 unspecified atom stereocenters. The van der Waals surface area contributed by atoms with Gasteiger partial charge in [-0.25, -0.2) is 4.79 Å². The van der Waals surface area contributed by atoms with Crippen LogP contribution in [0.15, 0.2) is 72.9 Å². The van der Waals surface area contributed by atoms with E-state index in [1.165, 1.54) is 0 Å². The SMILES string of the molecule is NC(=O)c1ccc(CNC(=O)NCC(c2ccc(Cl)cc2Cl)c2c[nH]c3ccccc23)cc1. The van der Waals surface area contributed by atoms with E-state index in [-0.39, 0.29) is 11.9 Å². The second-order valence-corrected chi connectivity index (χ2v) is 8.48. The lowest BCUT2D eigenvalue weighted by Crippen LogP contribution is -2.37. The minimum atomic E-state index is -0.489. The molecule has 4 aromatic rings. The van der Waals surface area contributed by atoms with Crippen molar-refractivity contribution in [3.8, 4) is 0 Å².